The number of hydrogen-bond acceptors (Lipinski definition) is 3. The third-order valence-corrected chi connectivity index (χ3v) is 3.93. The maximum absolute atomic E-state index is 12.5. The highest BCUT2D eigenvalue weighted by molar-refractivity contribution is 6.34. The van der Waals surface area contributed by atoms with Gasteiger partial charge in [0, 0.05) is 5.69 Å². The van der Waals surface area contributed by atoms with Crippen molar-refractivity contribution >= 4 is 34.8 Å². The lowest BCUT2D eigenvalue weighted by Gasteiger charge is -2.23. The molecule has 0 radical (unpaired) electrons. The fraction of sp³-hybridized carbons (Fsp3) is 0.222. The van der Waals surface area contributed by atoms with E-state index in [1.54, 1.807) is 69.5 Å². The standard InChI is InChI=1S/C18H19ClN2O3/c1-18(2,17(23)21-15-7-5-4-6-14(15)19)16(22)20-12-8-10-13(24-3)11-9-12/h4-11H,1-3H3,(H,20,22)(H,21,23). The number of anilines is 2. The van der Waals surface area contributed by atoms with Gasteiger partial charge in [-0.1, -0.05) is 23.7 Å². The zero-order valence-corrected chi connectivity index (χ0v) is 14.5. The SMILES string of the molecule is COc1ccc(NC(=O)C(C)(C)C(=O)Nc2ccccc2Cl)cc1. The zero-order valence-electron chi connectivity index (χ0n) is 13.7. The summed E-state index contributed by atoms with van der Waals surface area (Å²) in [6.07, 6.45) is 0. The van der Waals surface area contributed by atoms with Crippen molar-refractivity contribution in [3.63, 3.8) is 0 Å². The number of nitrogens with one attached hydrogen (secondary N) is 2. The quantitative estimate of drug-likeness (QED) is 0.805. The Labute approximate surface area is 146 Å². The first kappa shape index (κ1) is 17.8. The predicted octanol–water partition coefficient (Wildman–Crippen LogP) is 3.95. The van der Waals surface area contributed by atoms with Gasteiger partial charge in [-0.05, 0) is 50.2 Å². The molecular formula is C18H19ClN2O3. The number of ether oxygens (including phenoxy) is 1. The fourth-order valence-electron chi connectivity index (χ4n) is 1.91. The molecule has 126 valence electrons. The molecule has 0 saturated heterocycles. The van der Waals surface area contributed by atoms with E-state index in [1.807, 2.05) is 0 Å². The molecule has 0 fully saturated rings. The van der Waals surface area contributed by atoms with Crippen molar-refractivity contribution in [1.82, 2.24) is 0 Å². The number of methoxy groups -OCH3 is 1. The summed E-state index contributed by atoms with van der Waals surface area (Å²) >= 11 is 6.03. The Bertz CT molecular complexity index is 742. The maximum Gasteiger partial charge on any atom is 0.239 e. The maximum atomic E-state index is 12.5. The molecule has 0 bridgehead atoms. The minimum Gasteiger partial charge on any atom is -0.497 e. The molecule has 0 heterocycles. The van der Waals surface area contributed by atoms with E-state index in [9.17, 15) is 9.59 Å². The lowest BCUT2D eigenvalue weighted by molar-refractivity contribution is -0.135. The van der Waals surface area contributed by atoms with Crippen LogP contribution in [0.3, 0.4) is 0 Å². The average Bonchev–Trinajstić information content (AvgIpc) is 2.57. The number of rotatable bonds is 5. The molecule has 5 nitrogen and oxygen atoms in total. The van der Waals surface area contributed by atoms with Crippen LogP contribution in [0.1, 0.15) is 13.8 Å². The molecule has 24 heavy (non-hydrogen) atoms. The number of carbonyl (C=O) groups excluding carboxylic acids is 2. The molecule has 2 N–H and O–H groups in total. The van der Waals surface area contributed by atoms with E-state index in [-0.39, 0.29) is 0 Å². The summed E-state index contributed by atoms with van der Waals surface area (Å²) in [5.74, 6) is -0.178. The molecule has 0 aliphatic carbocycles. The van der Waals surface area contributed by atoms with Crippen molar-refractivity contribution in [2.75, 3.05) is 17.7 Å². The lowest BCUT2D eigenvalue weighted by atomic mass is 9.90. The Morgan fingerprint density at radius 1 is 0.958 bits per heavy atom. The van der Waals surface area contributed by atoms with E-state index in [2.05, 4.69) is 10.6 Å². The molecule has 0 unspecified atom stereocenters. The average molecular weight is 347 g/mol. The third kappa shape index (κ3) is 4.06. The van der Waals surface area contributed by atoms with E-state index in [0.717, 1.165) is 0 Å². The van der Waals surface area contributed by atoms with Crippen LogP contribution in [0.5, 0.6) is 5.75 Å². The smallest absolute Gasteiger partial charge is 0.239 e. The van der Waals surface area contributed by atoms with Gasteiger partial charge in [-0.15, -0.1) is 0 Å². The Morgan fingerprint density at radius 2 is 1.54 bits per heavy atom. The van der Waals surface area contributed by atoms with Crippen LogP contribution in [0.2, 0.25) is 5.02 Å². The van der Waals surface area contributed by atoms with Gasteiger partial charge in [0.15, 0.2) is 0 Å². The second-order valence-corrected chi connectivity index (χ2v) is 6.15. The van der Waals surface area contributed by atoms with Gasteiger partial charge in [0.05, 0.1) is 17.8 Å². The molecule has 2 aromatic carbocycles. The topological polar surface area (TPSA) is 67.4 Å². The van der Waals surface area contributed by atoms with Crippen LogP contribution in [0.15, 0.2) is 48.5 Å². The van der Waals surface area contributed by atoms with Gasteiger partial charge in [-0.3, -0.25) is 9.59 Å². The summed E-state index contributed by atoms with van der Waals surface area (Å²) in [5, 5.41) is 5.82. The van der Waals surface area contributed by atoms with Gasteiger partial charge in [0.2, 0.25) is 11.8 Å². The summed E-state index contributed by atoms with van der Waals surface area (Å²) in [7, 11) is 1.57. The van der Waals surface area contributed by atoms with E-state index in [0.29, 0.717) is 22.1 Å². The second-order valence-electron chi connectivity index (χ2n) is 5.74. The van der Waals surface area contributed by atoms with Crippen molar-refractivity contribution in [2.45, 2.75) is 13.8 Å². The summed E-state index contributed by atoms with van der Waals surface area (Å²) in [6.45, 7) is 3.11. The van der Waals surface area contributed by atoms with Crippen molar-refractivity contribution in [3.05, 3.63) is 53.6 Å². The summed E-state index contributed by atoms with van der Waals surface area (Å²) in [5.41, 5.74) is -0.229. The number of benzene rings is 2. The molecule has 0 aromatic heterocycles. The molecule has 6 heteroatoms. The van der Waals surface area contributed by atoms with E-state index in [4.69, 9.17) is 16.3 Å². The van der Waals surface area contributed by atoms with Crippen LogP contribution >= 0.6 is 11.6 Å². The van der Waals surface area contributed by atoms with Crippen molar-refractivity contribution < 1.29 is 14.3 Å². The molecule has 0 saturated carbocycles. The molecular weight excluding hydrogens is 328 g/mol. The minimum atomic E-state index is -1.28. The highest BCUT2D eigenvalue weighted by atomic mass is 35.5. The van der Waals surface area contributed by atoms with Crippen molar-refractivity contribution in [3.8, 4) is 5.75 Å². The highest BCUT2D eigenvalue weighted by Crippen LogP contribution is 2.26. The first-order valence-corrected chi connectivity index (χ1v) is 7.74. The van der Waals surface area contributed by atoms with Gasteiger partial charge >= 0.3 is 0 Å². The Kier molecular flexibility index (Phi) is 5.46. The number of amides is 2. The Morgan fingerprint density at radius 3 is 2.12 bits per heavy atom. The van der Waals surface area contributed by atoms with Crippen LogP contribution < -0.4 is 15.4 Å². The largest absolute Gasteiger partial charge is 0.497 e. The van der Waals surface area contributed by atoms with Crippen LogP contribution in [0.25, 0.3) is 0 Å². The second kappa shape index (κ2) is 7.36. The first-order valence-electron chi connectivity index (χ1n) is 7.36. The molecule has 2 rings (SSSR count). The van der Waals surface area contributed by atoms with E-state index < -0.39 is 17.2 Å². The van der Waals surface area contributed by atoms with Crippen LogP contribution in [0.4, 0.5) is 11.4 Å². The van der Waals surface area contributed by atoms with E-state index in [1.165, 1.54) is 0 Å². The van der Waals surface area contributed by atoms with Crippen LogP contribution in [-0.4, -0.2) is 18.9 Å². The summed E-state index contributed by atoms with van der Waals surface area (Å²) in [6, 6.07) is 13.7. The zero-order chi connectivity index (χ0) is 17.7. The third-order valence-electron chi connectivity index (χ3n) is 3.61. The number of carbonyl (C=O) groups is 2. The normalized spacial score (nSPS) is 10.8. The van der Waals surface area contributed by atoms with Crippen molar-refractivity contribution in [1.29, 1.82) is 0 Å². The van der Waals surface area contributed by atoms with Crippen molar-refractivity contribution in [2.24, 2.45) is 5.41 Å². The van der Waals surface area contributed by atoms with Gasteiger partial charge in [-0.25, -0.2) is 0 Å². The molecule has 2 aromatic rings. The molecule has 0 aliphatic heterocycles. The van der Waals surface area contributed by atoms with Crippen LogP contribution in [-0.2, 0) is 9.59 Å². The van der Waals surface area contributed by atoms with Gasteiger partial charge in [0.25, 0.3) is 0 Å². The van der Waals surface area contributed by atoms with Gasteiger partial charge < -0.3 is 15.4 Å². The molecule has 2 amide bonds. The Hall–Kier alpha value is -2.53. The monoisotopic (exact) mass is 346 g/mol. The first-order chi connectivity index (χ1) is 11.3. The highest BCUT2D eigenvalue weighted by Gasteiger charge is 2.36. The Balaban J connectivity index is 2.08. The number of hydrogen-bond donors (Lipinski definition) is 2. The fourth-order valence-corrected chi connectivity index (χ4v) is 2.09. The van der Waals surface area contributed by atoms with Gasteiger partial charge in [-0.2, -0.15) is 0 Å². The number of halogens is 1. The number of para-hydroxylation sites is 1. The molecule has 0 atom stereocenters. The molecule has 0 spiro atoms. The summed E-state index contributed by atoms with van der Waals surface area (Å²) < 4.78 is 5.07. The lowest BCUT2D eigenvalue weighted by Crippen LogP contribution is -2.41. The van der Waals surface area contributed by atoms with E-state index >= 15 is 0 Å². The predicted molar refractivity (Wildman–Crippen MR) is 95.5 cm³/mol. The van der Waals surface area contributed by atoms with Gasteiger partial charge in [0.1, 0.15) is 11.2 Å². The van der Waals surface area contributed by atoms with Crippen LogP contribution in [0, 0.1) is 5.41 Å². The summed E-state index contributed by atoms with van der Waals surface area (Å²) in [4.78, 5) is 24.9. The minimum absolute atomic E-state index is 0.414. The molecule has 0 aliphatic rings.